The Hall–Kier alpha value is -2.36. The van der Waals surface area contributed by atoms with Crippen molar-refractivity contribution >= 4 is 11.9 Å². The Morgan fingerprint density at radius 3 is 3.00 bits per heavy atom. The largest absolute Gasteiger partial charge is 0.477 e. The molecular formula is C9H10N4O3. The molecule has 0 aliphatic heterocycles. The Balaban J connectivity index is 2.53. The minimum Gasteiger partial charge on any atom is -0.477 e. The molecule has 1 aromatic heterocycles. The van der Waals surface area contributed by atoms with Crippen LogP contribution in [0.5, 0.6) is 0 Å². The first-order valence-electron chi connectivity index (χ1n) is 4.54. The molecule has 0 atom stereocenters. The van der Waals surface area contributed by atoms with Gasteiger partial charge in [-0.15, -0.1) is 0 Å². The lowest BCUT2D eigenvalue weighted by Gasteiger charge is -2.04. The predicted octanol–water partition coefficient (Wildman–Crippen LogP) is -0.389. The third-order valence-electron chi connectivity index (χ3n) is 1.79. The van der Waals surface area contributed by atoms with Crippen LogP contribution in [0.1, 0.15) is 16.9 Å². The molecule has 0 saturated carbocycles. The number of rotatable bonds is 5. The Bertz CT molecular complexity index is 432. The standard InChI is InChI=1S/C9H10N4O3/c10-3-1-4-11-8(14)6-13-7(9(15)16)2-5-12-13/h2,5H,1,4,6H2,(H,11,14)(H,15,16). The van der Waals surface area contributed by atoms with Gasteiger partial charge in [-0.1, -0.05) is 0 Å². The van der Waals surface area contributed by atoms with Gasteiger partial charge >= 0.3 is 5.97 Å². The number of carbonyl (C=O) groups excluding carboxylic acids is 1. The van der Waals surface area contributed by atoms with Gasteiger partial charge < -0.3 is 10.4 Å². The van der Waals surface area contributed by atoms with E-state index in [0.29, 0.717) is 0 Å². The zero-order chi connectivity index (χ0) is 12.0. The Labute approximate surface area is 91.3 Å². The van der Waals surface area contributed by atoms with Crippen LogP contribution in [0, 0.1) is 11.3 Å². The molecule has 7 nitrogen and oxygen atoms in total. The first-order valence-corrected chi connectivity index (χ1v) is 4.54. The number of carbonyl (C=O) groups is 2. The van der Waals surface area contributed by atoms with Crippen LogP contribution in [0.15, 0.2) is 12.3 Å². The van der Waals surface area contributed by atoms with E-state index < -0.39 is 5.97 Å². The van der Waals surface area contributed by atoms with Crippen molar-refractivity contribution in [2.75, 3.05) is 6.54 Å². The van der Waals surface area contributed by atoms with Gasteiger partial charge in [0.15, 0.2) is 0 Å². The monoisotopic (exact) mass is 222 g/mol. The molecule has 0 saturated heterocycles. The lowest BCUT2D eigenvalue weighted by molar-refractivity contribution is -0.121. The van der Waals surface area contributed by atoms with Crippen molar-refractivity contribution in [3.63, 3.8) is 0 Å². The van der Waals surface area contributed by atoms with Crippen molar-refractivity contribution in [1.82, 2.24) is 15.1 Å². The van der Waals surface area contributed by atoms with Crippen molar-refractivity contribution in [2.45, 2.75) is 13.0 Å². The molecule has 84 valence electrons. The second-order valence-corrected chi connectivity index (χ2v) is 2.94. The maximum absolute atomic E-state index is 11.3. The van der Waals surface area contributed by atoms with E-state index >= 15 is 0 Å². The number of aromatic carboxylic acids is 1. The van der Waals surface area contributed by atoms with Crippen molar-refractivity contribution < 1.29 is 14.7 Å². The highest BCUT2D eigenvalue weighted by molar-refractivity contribution is 5.86. The van der Waals surface area contributed by atoms with E-state index in [0.717, 1.165) is 4.68 Å². The quantitative estimate of drug-likeness (QED) is 0.659. The summed E-state index contributed by atoms with van der Waals surface area (Å²) in [5.41, 5.74) is -0.0459. The molecule has 1 heterocycles. The number of aromatic nitrogens is 2. The van der Waals surface area contributed by atoms with Crippen molar-refractivity contribution in [2.24, 2.45) is 0 Å². The van der Waals surface area contributed by atoms with Crippen LogP contribution >= 0.6 is 0 Å². The summed E-state index contributed by atoms with van der Waals surface area (Å²) in [7, 11) is 0. The second kappa shape index (κ2) is 5.50. The second-order valence-electron chi connectivity index (χ2n) is 2.94. The van der Waals surface area contributed by atoms with Crippen LogP contribution in [-0.2, 0) is 11.3 Å². The van der Waals surface area contributed by atoms with E-state index in [1.54, 1.807) is 0 Å². The summed E-state index contributed by atoms with van der Waals surface area (Å²) in [6.07, 6.45) is 1.53. The lowest BCUT2D eigenvalue weighted by atomic mass is 10.4. The van der Waals surface area contributed by atoms with E-state index in [9.17, 15) is 9.59 Å². The van der Waals surface area contributed by atoms with Gasteiger partial charge in [0.2, 0.25) is 5.91 Å². The van der Waals surface area contributed by atoms with Crippen LogP contribution in [0.25, 0.3) is 0 Å². The summed E-state index contributed by atoms with van der Waals surface area (Å²) in [4.78, 5) is 22.0. The maximum atomic E-state index is 11.3. The van der Waals surface area contributed by atoms with Crippen LogP contribution in [0.2, 0.25) is 0 Å². The molecule has 1 rings (SSSR count). The molecule has 0 spiro atoms. The minimum atomic E-state index is -1.14. The van der Waals surface area contributed by atoms with Gasteiger partial charge in [0.25, 0.3) is 0 Å². The fourth-order valence-electron chi connectivity index (χ4n) is 1.09. The summed E-state index contributed by atoms with van der Waals surface area (Å²) < 4.78 is 1.09. The first-order chi connectivity index (χ1) is 7.65. The predicted molar refractivity (Wildman–Crippen MR) is 52.4 cm³/mol. The SMILES string of the molecule is N#CCCNC(=O)Cn1nccc1C(=O)O. The van der Waals surface area contributed by atoms with Gasteiger partial charge in [-0.2, -0.15) is 10.4 Å². The molecule has 0 aromatic carbocycles. The smallest absolute Gasteiger partial charge is 0.354 e. The van der Waals surface area contributed by atoms with E-state index in [1.165, 1.54) is 12.3 Å². The topological polar surface area (TPSA) is 108 Å². The van der Waals surface area contributed by atoms with Crippen LogP contribution in [0.4, 0.5) is 0 Å². The zero-order valence-electron chi connectivity index (χ0n) is 8.38. The van der Waals surface area contributed by atoms with Crippen molar-refractivity contribution in [3.8, 4) is 6.07 Å². The van der Waals surface area contributed by atoms with Crippen molar-refractivity contribution in [3.05, 3.63) is 18.0 Å². The fraction of sp³-hybridized carbons (Fsp3) is 0.333. The van der Waals surface area contributed by atoms with Gasteiger partial charge in [-0.05, 0) is 6.07 Å². The number of hydrogen-bond acceptors (Lipinski definition) is 4. The summed E-state index contributed by atoms with van der Waals surface area (Å²) in [6, 6.07) is 3.19. The van der Waals surface area contributed by atoms with Gasteiger partial charge in [-0.3, -0.25) is 4.79 Å². The number of nitrogens with one attached hydrogen (secondary N) is 1. The molecule has 0 radical (unpaired) electrons. The molecule has 0 aliphatic rings. The molecular weight excluding hydrogens is 212 g/mol. The van der Waals surface area contributed by atoms with E-state index in [-0.39, 0.29) is 31.1 Å². The summed E-state index contributed by atoms with van der Waals surface area (Å²) in [6.45, 7) is 0.0824. The molecule has 0 unspecified atom stereocenters. The molecule has 16 heavy (non-hydrogen) atoms. The number of hydrogen-bond donors (Lipinski definition) is 2. The third-order valence-corrected chi connectivity index (χ3v) is 1.79. The summed E-state index contributed by atoms with van der Waals surface area (Å²) >= 11 is 0. The summed E-state index contributed by atoms with van der Waals surface area (Å²) in [5.74, 6) is -1.51. The number of nitriles is 1. The van der Waals surface area contributed by atoms with Crippen LogP contribution < -0.4 is 5.32 Å². The van der Waals surface area contributed by atoms with Gasteiger partial charge in [0.1, 0.15) is 12.2 Å². The minimum absolute atomic E-state index is 0.0459. The van der Waals surface area contributed by atoms with E-state index in [1.807, 2.05) is 6.07 Å². The average Bonchev–Trinajstić information content (AvgIpc) is 2.66. The summed E-state index contributed by atoms with van der Waals surface area (Å²) in [5, 5.41) is 23.2. The number of nitrogens with zero attached hydrogens (tertiary/aromatic N) is 3. The highest BCUT2D eigenvalue weighted by Gasteiger charge is 2.12. The van der Waals surface area contributed by atoms with Crippen LogP contribution in [0.3, 0.4) is 0 Å². The normalized spacial score (nSPS) is 9.44. The fourth-order valence-corrected chi connectivity index (χ4v) is 1.09. The molecule has 2 N–H and O–H groups in total. The third kappa shape index (κ3) is 3.09. The molecule has 7 heteroatoms. The molecule has 1 amide bonds. The molecule has 1 aromatic rings. The first kappa shape index (κ1) is 11.7. The Morgan fingerprint density at radius 2 is 2.38 bits per heavy atom. The van der Waals surface area contributed by atoms with E-state index in [4.69, 9.17) is 10.4 Å². The highest BCUT2D eigenvalue weighted by Crippen LogP contribution is 1.98. The lowest BCUT2D eigenvalue weighted by Crippen LogP contribution is -2.29. The van der Waals surface area contributed by atoms with E-state index in [2.05, 4.69) is 10.4 Å². The maximum Gasteiger partial charge on any atom is 0.354 e. The average molecular weight is 222 g/mol. The number of carboxylic acid groups (broad SMARTS) is 1. The number of amides is 1. The highest BCUT2D eigenvalue weighted by atomic mass is 16.4. The van der Waals surface area contributed by atoms with Gasteiger partial charge in [0, 0.05) is 12.7 Å². The number of carboxylic acids is 1. The van der Waals surface area contributed by atoms with Crippen LogP contribution in [-0.4, -0.2) is 33.3 Å². The Kier molecular flexibility index (Phi) is 4.03. The van der Waals surface area contributed by atoms with Crippen molar-refractivity contribution in [1.29, 1.82) is 5.26 Å². The zero-order valence-corrected chi connectivity index (χ0v) is 8.38. The van der Waals surface area contributed by atoms with Gasteiger partial charge in [-0.25, -0.2) is 9.48 Å². The molecule has 0 fully saturated rings. The Morgan fingerprint density at radius 1 is 1.62 bits per heavy atom. The van der Waals surface area contributed by atoms with Gasteiger partial charge in [0.05, 0.1) is 12.5 Å². The molecule has 0 aliphatic carbocycles. The molecule has 0 bridgehead atoms.